The number of amides is 1. The van der Waals surface area contributed by atoms with Crippen molar-refractivity contribution in [2.45, 2.75) is 11.4 Å². The van der Waals surface area contributed by atoms with E-state index in [1.807, 2.05) is 0 Å². The Morgan fingerprint density at radius 3 is 2.67 bits per heavy atom. The summed E-state index contributed by atoms with van der Waals surface area (Å²) in [6.07, 6.45) is 1.77. The molecule has 8 heteroatoms. The summed E-state index contributed by atoms with van der Waals surface area (Å²) in [4.78, 5) is 12.1. The Morgan fingerprint density at radius 1 is 1.38 bits per heavy atom. The monoisotopic (exact) mass is 371 g/mol. The molecule has 1 heterocycles. The van der Waals surface area contributed by atoms with Crippen molar-refractivity contribution in [3.05, 3.63) is 52.3 Å². The number of nitrogens with zero attached hydrogens (tertiary/aromatic N) is 1. The predicted molar refractivity (Wildman–Crippen MR) is 82.1 cm³/mol. The second kappa shape index (κ2) is 6.00. The van der Waals surface area contributed by atoms with E-state index in [4.69, 9.17) is 5.14 Å². The molecular formula is C13H14BrN3O3S. The molecule has 6 nitrogen and oxygen atoms in total. The summed E-state index contributed by atoms with van der Waals surface area (Å²) in [5.41, 5.74) is 1.16. The third kappa shape index (κ3) is 3.93. The van der Waals surface area contributed by atoms with Crippen LogP contribution in [0.3, 0.4) is 0 Å². The number of rotatable bonds is 4. The fourth-order valence-corrected chi connectivity index (χ4v) is 2.96. The van der Waals surface area contributed by atoms with Crippen molar-refractivity contribution >= 4 is 31.9 Å². The lowest BCUT2D eigenvalue weighted by Gasteiger charge is -2.07. The van der Waals surface area contributed by atoms with Gasteiger partial charge in [-0.05, 0) is 39.7 Å². The van der Waals surface area contributed by atoms with Crippen molar-refractivity contribution in [1.29, 1.82) is 0 Å². The fourth-order valence-electron chi connectivity index (χ4n) is 1.86. The molecule has 0 atom stereocenters. The first-order valence-electron chi connectivity index (χ1n) is 5.99. The molecule has 2 aromatic rings. The normalized spacial score (nSPS) is 11.4. The van der Waals surface area contributed by atoms with Crippen LogP contribution in [-0.4, -0.2) is 18.9 Å². The van der Waals surface area contributed by atoms with E-state index in [0.717, 1.165) is 4.47 Å². The van der Waals surface area contributed by atoms with Crippen LogP contribution in [0.15, 0.2) is 45.9 Å². The minimum Gasteiger partial charge on any atom is -0.347 e. The Hall–Kier alpha value is -1.64. The number of benzene rings is 1. The predicted octanol–water partition coefficient (Wildman–Crippen LogP) is 1.37. The number of carbonyl (C=O) groups is 1. The number of hydrogen-bond acceptors (Lipinski definition) is 3. The smallest absolute Gasteiger partial charge is 0.268 e. The molecule has 0 unspecified atom stereocenters. The lowest BCUT2D eigenvalue weighted by Crippen LogP contribution is -2.25. The first-order chi connectivity index (χ1) is 9.77. The van der Waals surface area contributed by atoms with Crippen molar-refractivity contribution < 1.29 is 13.2 Å². The topological polar surface area (TPSA) is 94.2 Å². The van der Waals surface area contributed by atoms with Crippen LogP contribution in [0.25, 0.3) is 0 Å². The van der Waals surface area contributed by atoms with E-state index >= 15 is 0 Å². The number of nitrogens with one attached hydrogen (secondary N) is 1. The lowest BCUT2D eigenvalue weighted by atomic mass is 10.2. The molecule has 0 fully saturated rings. The summed E-state index contributed by atoms with van der Waals surface area (Å²) >= 11 is 3.30. The average molecular weight is 372 g/mol. The molecule has 21 heavy (non-hydrogen) atoms. The molecule has 3 N–H and O–H groups in total. The van der Waals surface area contributed by atoms with Crippen LogP contribution in [0.1, 0.15) is 16.1 Å². The highest BCUT2D eigenvalue weighted by Crippen LogP contribution is 2.14. The Morgan fingerprint density at radius 2 is 2.10 bits per heavy atom. The summed E-state index contributed by atoms with van der Waals surface area (Å²) < 4.78 is 25.1. The van der Waals surface area contributed by atoms with Crippen LogP contribution in [0.5, 0.6) is 0 Å². The summed E-state index contributed by atoms with van der Waals surface area (Å²) in [7, 11) is -1.98. The summed E-state index contributed by atoms with van der Waals surface area (Å²) in [6, 6.07) is 7.86. The first kappa shape index (κ1) is 15.7. The van der Waals surface area contributed by atoms with Gasteiger partial charge in [-0.2, -0.15) is 0 Å². The average Bonchev–Trinajstić information content (AvgIpc) is 2.74. The Labute approximate surface area is 131 Å². The molecule has 112 valence electrons. The molecule has 0 saturated carbocycles. The second-order valence-corrected chi connectivity index (χ2v) is 7.01. The van der Waals surface area contributed by atoms with E-state index in [1.54, 1.807) is 36.0 Å². The van der Waals surface area contributed by atoms with Crippen LogP contribution in [0.2, 0.25) is 0 Å². The highest BCUT2D eigenvalue weighted by molar-refractivity contribution is 9.10. The van der Waals surface area contributed by atoms with Crippen LogP contribution in [0, 0.1) is 0 Å². The van der Waals surface area contributed by atoms with Gasteiger partial charge in [-0.15, -0.1) is 0 Å². The molecule has 0 radical (unpaired) electrons. The zero-order valence-electron chi connectivity index (χ0n) is 11.2. The van der Waals surface area contributed by atoms with E-state index < -0.39 is 10.0 Å². The van der Waals surface area contributed by atoms with Crippen molar-refractivity contribution in [3.63, 3.8) is 0 Å². The summed E-state index contributed by atoms with van der Waals surface area (Å²) in [6.45, 7) is 0.213. The number of halogens is 1. The Kier molecular flexibility index (Phi) is 4.50. The number of aromatic nitrogens is 1. The summed E-state index contributed by atoms with van der Waals surface area (Å²) in [5.74, 6) is -0.246. The van der Waals surface area contributed by atoms with Gasteiger partial charge in [-0.25, -0.2) is 13.6 Å². The van der Waals surface area contributed by atoms with Crippen molar-refractivity contribution in [3.8, 4) is 0 Å². The minimum atomic E-state index is -3.74. The van der Waals surface area contributed by atoms with Crippen molar-refractivity contribution in [1.82, 2.24) is 9.88 Å². The van der Waals surface area contributed by atoms with Gasteiger partial charge < -0.3 is 9.88 Å². The zero-order chi connectivity index (χ0) is 15.6. The van der Waals surface area contributed by atoms with E-state index in [9.17, 15) is 13.2 Å². The molecule has 1 amide bonds. The largest absolute Gasteiger partial charge is 0.347 e. The van der Waals surface area contributed by atoms with E-state index in [0.29, 0.717) is 11.3 Å². The highest BCUT2D eigenvalue weighted by atomic mass is 79.9. The van der Waals surface area contributed by atoms with E-state index in [-0.39, 0.29) is 17.3 Å². The van der Waals surface area contributed by atoms with Gasteiger partial charge in [0.15, 0.2) is 0 Å². The molecule has 0 aliphatic heterocycles. The van der Waals surface area contributed by atoms with Gasteiger partial charge in [0, 0.05) is 24.3 Å². The van der Waals surface area contributed by atoms with Crippen LogP contribution < -0.4 is 10.5 Å². The SMILES string of the molecule is Cn1cc(Br)cc1C(=O)NCc1cccc(S(N)(=O)=O)c1. The maximum Gasteiger partial charge on any atom is 0.268 e. The number of aryl methyl sites for hydroxylation is 1. The molecule has 0 spiro atoms. The van der Waals surface area contributed by atoms with E-state index in [1.165, 1.54) is 12.1 Å². The Bertz CT molecular complexity index is 784. The molecule has 0 saturated heterocycles. The van der Waals surface area contributed by atoms with Gasteiger partial charge in [0.25, 0.3) is 5.91 Å². The van der Waals surface area contributed by atoms with Gasteiger partial charge in [0.05, 0.1) is 4.90 Å². The lowest BCUT2D eigenvalue weighted by molar-refractivity contribution is 0.0943. The standard InChI is InChI=1S/C13H14BrN3O3S/c1-17-8-10(14)6-12(17)13(18)16-7-9-3-2-4-11(5-9)21(15,19)20/h2-6,8H,7H2,1H3,(H,16,18)(H2,15,19,20). The maximum atomic E-state index is 12.0. The molecule has 1 aromatic carbocycles. The molecule has 2 rings (SSSR count). The first-order valence-corrected chi connectivity index (χ1v) is 8.33. The number of sulfonamides is 1. The molecular weight excluding hydrogens is 358 g/mol. The van der Waals surface area contributed by atoms with Crippen molar-refractivity contribution in [2.24, 2.45) is 12.2 Å². The molecule has 0 aliphatic rings. The fraction of sp³-hybridized carbons (Fsp3) is 0.154. The third-order valence-electron chi connectivity index (χ3n) is 2.88. The molecule has 0 bridgehead atoms. The maximum absolute atomic E-state index is 12.0. The van der Waals surface area contributed by atoms with Gasteiger partial charge >= 0.3 is 0 Å². The van der Waals surface area contributed by atoms with Gasteiger partial charge in [0.2, 0.25) is 10.0 Å². The Balaban J connectivity index is 2.10. The van der Waals surface area contributed by atoms with Gasteiger partial charge in [0.1, 0.15) is 5.69 Å². The van der Waals surface area contributed by atoms with E-state index in [2.05, 4.69) is 21.2 Å². The molecule has 0 aliphatic carbocycles. The quantitative estimate of drug-likeness (QED) is 0.849. The number of hydrogen-bond donors (Lipinski definition) is 2. The van der Waals surface area contributed by atoms with Gasteiger partial charge in [-0.3, -0.25) is 4.79 Å². The van der Waals surface area contributed by atoms with Crippen LogP contribution >= 0.6 is 15.9 Å². The summed E-state index contributed by atoms with van der Waals surface area (Å²) in [5, 5.41) is 7.80. The number of carbonyl (C=O) groups excluding carboxylic acids is 1. The van der Waals surface area contributed by atoms with Gasteiger partial charge in [-0.1, -0.05) is 12.1 Å². The third-order valence-corrected chi connectivity index (χ3v) is 4.23. The number of nitrogens with two attached hydrogens (primary N) is 1. The highest BCUT2D eigenvalue weighted by Gasteiger charge is 2.12. The number of primary sulfonamides is 1. The van der Waals surface area contributed by atoms with Crippen molar-refractivity contribution in [2.75, 3.05) is 0 Å². The second-order valence-electron chi connectivity index (χ2n) is 4.53. The van der Waals surface area contributed by atoms with Crippen LogP contribution in [-0.2, 0) is 23.6 Å². The van der Waals surface area contributed by atoms with Crippen LogP contribution in [0.4, 0.5) is 0 Å². The zero-order valence-corrected chi connectivity index (χ0v) is 13.6. The molecule has 1 aromatic heterocycles. The minimum absolute atomic E-state index is 0.0239.